The van der Waals surface area contributed by atoms with Crippen molar-refractivity contribution < 1.29 is 18.0 Å². The van der Waals surface area contributed by atoms with Crippen LogP contribution in [-0.2, 0) is 13.2 Å². The van der Waals surface area contributed by atoms with E-state index in [4.69, 9.17) is 11.6 Å². The molecule has 0 atom stereocenters. The van der Waals surface area contributed by atoms with E-state index in [0.29, 0.717) is 11.8 Å². The van der Waals surface area contributed by atoms with Crippen molar-refractivity contribution in [3.8, 4) is 5.82 Å². The summed E-state index contributed by atoms with van der Waals surface area (Å²) in [4.78, 5) is 17.1. The highest BCUT2D eigenvalue weighted by molar-refractivity contribution is 6.32. The molecular weight excluding hydrogens is 433 g/mol. The van der Waals surface area contributed by atoms with Crippen LogP contribution < -0.4 is 5.32 Å². The van der Waals surface area contributed by atoms with E-state index in [9.17, 15) is 18.0 Å². The number of aryl methyl sites for hydroxylation is 3. The number of hydrogen-bond donors (Lipinski definition) is 1. The Morgan fingerprint density at radius 1 is 1.19 bits per heavy atom. The number of alkyl halides is 3. The molecule has 4 rings (SSSR count). The van der Waals surface area contributed by atoms with Crippen LogP contribution in [0.1, 0.15) is 27.3 Å². The third-order valence-corrected chi connectivity index (χ3v) is 5.09. The second kappa shape index (κ2) is 7.38. The number of carbonyl (C=O) groups excluding carboxylic acids is 1. The van der Waals surface area contributed by atoms with Gasteiger partial charge in [0.1, 0.15) is 5.69 Å². The van der Waals surface area contributed by atoms with Crippen LogP contribution in [-0.4, -0.2) is 30.5 Å². The summed E-state index contributed by atoms with van der Waals surface area (Å²) in [5.41, 5.74) is 1.12. The quantitative estimate of drug-likeness (QED) is 0.493. The average molecular weight is 449 g/mol. The Morgan fingerprint density at radius 3 is 2.61 bits per heavy atom. The third kappa shape index (κ3) is 3.74. The summed E-state index contributed by atoms with van der Waals surface area (Å²) in [5, 5.41) is 11.5. The van der Waals surface area contributed by atoms with Crippen LogP contribution >= 0.6 is 11.6 Å². The fourth-order valence-electron chi connectivity index (χ4n) is 3.35. The van der Waals surface area contributed by atoms with Gasteiger partial charge >= 0.3 is 6.18 Å². The van der Waals surface area contributed by atoms with Crippen molar-refractivity contribution in [3.63, 3.8) is 0 Å². The van der Waals surface area contributed by atoms with E-state index in [1.165, 1.54) is 18.3 Å². The van der Waals surface area contributed by atoms with Gasteiger partial charge in [0.05, 0.1) is 10.5 Å². The number of nitrogens with zero attached hydrogens (tertiary/aromatic N) is 5. The first-order chi connectivity index (χ1) is 14.6. The number of amides is 1. The van der Waals surface area contributed by atoms with Gasteiger partial charge in [-0.05, 0) is 43.2 Å². The Bertz CT molecular complexity index is 1320. The van der Waals surface area contributed by atoms with E-state index in [1.807, 2.05) is 0 Å². The number of benzene rings is 1. The monoisotopic (exact) mass is 448 g/mol. The van der Waals surface area contributed by atoms with E-state index in [0.717, 1.165) is 26.7 Å². The maximum absolute atomic E-state index is 13.3. The Morgan fingerprint density at radius 2 is 1.94 bits per heavy atom. The molecule has 7 nitrogen and oxygen atoms in total. The summed E-state index contributed by atoms with van der Waals surface area (Å²) in [6.45, 7) is 3.59. The van der Waals surface area contributed by atoms with Crippen molar-refractivity contribution in [3.05, 3.63) is 64.2 Å². The molecule has 0 unspecified atom stereocenters. The Kier molecular flexibility index (Phi) is 4.97. The van der Waals surface area contributed by atoms with Gasteiger partial charge in [0, 0.05) is 36.6 Å². The fourth-order valence-corrected chi connectivity index (χ4v) is 3.56. The van der Waals surface area contributed by atoms with Crippen molar-refractivity contribution >= 4 is 34.1 Å². The zero-order valence-electron chi connectivity index (χ0n) is 16.6. The molecule has 160 valence electrons. The maximum Gasteiger partial charge on any atom is 0.435 e. The largest absolute Gasteiger partial charge is 0.435 e. The first kappa shape index (κ1) is 20.9. The van der Waals surface area contributed by atoms with Gasteiger partial charge in [0.15, 0.2) is 11.5 Å². The van der Waals surface area contributed by atoms with Gasteiger partial charge in [-0.3, -0.25) is 9.48 Å². The van der Waals surface area contributed by atoms with Crippen LogP contribution in [0.2, 0.25) is 5.02 Å². The minimum absolute atomic E-state index is 0.0533. The van der Waals surface area contributed by atoms with Crippen LogP contribution in [0.5, 0.6) is 0 Å². The molecule has 0 radical (unpaired) electrons. The number of carbonyl (C=O) groups is 1. The molecule has 0 aliphatic heterocycles. The van der Waals surface area contributed by atoms with Crippen molar-refractivity contribution in [1.29, 1.82) is 0 Å². The number of pyridine rings is 1. The lowest BCUT2D eigenvalue weighted by Crippen LogP contribution is -2.19. The molecule has 3 heterocycles. The number of rotatable bonds is 3. The molecule has 0 saturated carbocycles. The first-order valence-corrected chi connectivity index (χ1v) is 9.47. The molecule has 0 aliphatic rings. The highest BCUT2D eigenvalue weighted by Crippen LogP contribution is 2.32. The van der Waals surface area contributed by atoms with Crippen LogP contribution in [0.4, 0.5) is 18.9 Å². The maximum atomic E-state index is 13.3. The lowest BCUT2D eigenvalue weighted by atomic mass is 10.0. The molecule has 3 aromatic heterocycles. The molecule has 0 aliphatic carbocycles. The number of fused-ring (bicyclic) bond motifs is 1. The second-order valence-corrected chi connectivity index (χ2v) is 7.42. The molecule has 0 spiro atoms. The normalized spacial score (nSPS) is 11.8. The molecule has 11 heteroatoms. The van der Waals surface area contributed by atoms with Crippen LogP contribution in [0.25, 0.3) is 16.7 Å². The third-order valence-electron chi connectivity index (χ3n) is 4.79. The Hall–Kier alpha value is -3.40. The summed E-state index contributed by atoms with van der Waals surface area (Å²) in [6, 6.07) is 5.44. The number of nitrogens with one attached hydrogen (secondary N) is 1. The minimum Gasteiger partial charge on any atom is -0.320 e. The SMILES string of the molecule is Cc1cc2nn(C)cc2c(C)c1NC(=O)c1cc(C(F)(F)F)nn1-c1ncccc1Cl. The zero-order chi connectivity index (χ0) is 22.5. The average Bonchev–Trinajstić information content (AvgIpc) is 3.29. The number of hydrogen-bond acceptors (Lipinski definition) is 4. The van der Waals surface area contributed by atoms with Gasteiger partial charge in [-0.1, -0.05) is 11.6 Å². The van der Waals surface area contributed by atoms with Crippen molar-refractivity contribution in [2.24, 2.45) is 7.05 Å². The highest BCUT2D eigenvalue weighted by atomic mass is 35.5. The van der Waals surface area contributed by atoms with Gasteiger partial charge in [-0.25, -0.2) is 9.67 Å². The van der Waals surface area contributed by atoms with E-state index in [1.54, 1.807) is 37.8 Å². The standard InChI is InChI=1S/C20H16ClF3N6O/c1-10-7-14-12(9-29(3)27-14)11(2)17(10)26-19(31)15-8-16(20(22,23)24)28-30(15)18-13(21)5-4-6-25-18/h4-9H,1-3H3,(H,26,31). The summed E-state index contributed by atoms with van der Waals surface area (Å²) in [7, 11) is 1.78. The van der Waals surface area contributed by atoms with Crippen molar-refractivity contribution in [2.45, 2.75) is 20.0 Å². The Balaban J connectivity index is 1.81. The molecule has 31 heavy (non-hydrogen) atoms. The smallest absolute Gasteiger partial charge is 0.320 e. The van der Waals surface area contributed by atoms with Crippen molar-refractivity contribution in [2.75, 3.05) is 5.32 Å². The molecule has 0 fully saturated rings. The highest BCUT2D eigenvalue weighted by Gasteiger charge is 2.36. The van der Waals surface area contributed by atoms with Crippen LogP contribution in [0.3, 0.4) is 0 Å². The van der Waals surface area contributed by atoms with Gasteiger partial charge in [-0.15, -0.1) is 0 Å². The number of aromatic nitrogens is 5. The summed E-state index contributed by atoms with van der Waals surface area (Å²) >= 11 is 6.09. The zero-order valence-corrected chi connectivity index (χ0v) is 17.4. The summed E-state index contributed by atoms with van der Waals surface area (Å²) in [5.74, 6) is -0.861. The van der Waals surface area contributed by atoms with Gasteiger partial charge in [0.2, 0.25) is 0 Å². The fraction of sp³-hybridized carbons (Fsp3) is 0.200. The molecular formula is C20H16ClF3N6O. The molecule has 4 aromatic rings. The van der Waals surface area contributed by atoms with Gasteiger partial charge in [-0.2, -0.15) is 23.4 Å². The van der Waals surface area contributed by atoms with Crippen LogP contribution in [0.15, 0.2) is 36.7 Å². The predicted octanol–water partition coefficient (Wildman–Crippen LogP) is 4.70. The first-order valence-electron chi connectivity index (χ1n) is 9.09. The predicted molar refractivity (Wildman–Crippen MR) is 110 cm³/mol. The molecule has 0 bridgehead atoms. The van der Waals surface area contributed by atoms with E-state index in [-0.39, 0.29) is 16.5 Å². The van der Waals surface area contributed by atoms with Crippen LogP contribution in [0, 0.1) is 13.8 Å². The van der Waals surface area contributed by atoms with E-state index < -0.39 is 17.8 Å². The van der Waals surface area contributed by atoms with E-state index in [2.05, 4.69) is 20.5 Å². The molecule has 1 aromatic carbocycles. The minimum atomic E-state index is -4.75. The molecule has 0 saturated heterocycles. The molecule has 1 amide bonds. The summed E-state index contributed by atoms with van der Waals surface area (Å²) < 4.78 is 42.4. The second-order valence-electron chi connectivity index (χ2n) is 7.02. The summed E-state index contributed by atoms with van der Waals surface area (Å²) in [6.07, 6.45) is -1.59. The Labute approximate surface area is 179 Å². The lowest BCUT2D eigenvalue weighted by Gasteiger charge is -2.13. The number of halogens is 4. The van der Waals surface area contributed by atoms with Crippen molar-refractivity contribution in [1.82, 2.24) is 24.5 Å². The van der Waals surface area contributed by atoms with E-state index >= 15 is 0 Å². The number of anilines is 1. The van der Waals surface area contributed by atoms with Gasteiger partial charge < -0.3 is 5.32 Å². The topological polar surface area (TPSA) is 77.6 Å². The lowest BCUT2D eigenvalue weighted by molar-refractivity contribution is -0.141. The van der Waals surface area contributed by atoms with Gasteiger partial charge in [0.25, 0.3) is 5.91 Å². The molecule has 1 N–H and O–H groups in total.